The number of aromatic nitrogens is 2. The van der Waals surface area contributed by atoms with Crippen molar-refractivity contribution in [3.63, 3.8) is 0 Å². The maximum atomic E-state index is 12.6. The number of nitrogens with one attached hydrogen (secondary N) is 2. The largest absolute Gasteiger partial charge is 0.332 e. The van der Waals surface area contributed by atoms with Gasteiger partial charge in [0.1, 0.15) is 0 Å². The standard InChI is InChI=1S/C26H25N3OS/c1-17-14-18(2)23(19(3)15-17)27-22(30)16-31-26-28-24(20-10-6-4-7-11-20)25(29-26)21-12-8-5-9-13-21/h4-15H,16H2,1-3H3,(H,27,30)(H,28,29). The molecule has 0 aliphatic rings. The van der Waals surface area contributed by atoms with Crippen LogP contribution < -0.4 is 5.32 Å². The third kappa shape index (κ3) is 4.89. The molecule has 1 heterocycles. The summed E-state index contributed by atoms with van der Waals surface area (Å²) >= 11 is 1.41. The van der Waals surface area contributed by atoms with Crippen molar-refractivity contribution in [3.05, 3.63) is 89.5 Å². The topological polar surface area (TPSA) is 57.8 Å². The van der Waals surface area contributed by atoms with Crippen molar-refractivity contribution in [2.45, 2.75) is 25.9 Å². The predicted molar refractivity (Wildman–Crippen MR) is 129 cm³/mol. The fourth-order valence-corrected chi connectivity index (χ4v) is 4.40. The summed E-state index contributed by atoms with van der Waals surface area (Å²) in [6.07, 6.45) is 0. The number of H-pyrrole nitrogens is 1. The van der Waals surface area contributed by atoms with Crippen LogP contribution in [0.25, 0.3) is 22.5 Å². The van der Waals surface area contributed by atoms with Crippen LogP contribution in [0.3, 0.4) is 0 Å². The number of benzene rings is 3. The van der Waals surface area contributed by atoms with Gasteiger partial charge in [0.05, 0.1) is 17.1 Å². The van der Waals surface area contributed by atoms with E-state index in [1.165, 1.54) is 17.3 Å². The van der Waals surface area contributed by atoms with Crippen molar-refractivity contribution in [1.29, 1.82) is 0 Å². The minimum Gasteiger partial charge on any atom is -0.332 e. The minimum absolute atomic E-state index is 0.0426. The molecule has 1 aromatic heterocycles. The van der Waals surface area contributed by atoms with Crippen LogP contribution >= 0.6 is 11.8 Å². The molecule has 1 amide bonds. The lowest BCUT2D eigenvalue weighted by Crippen LogP contribution is -2.16. The Morgan fingerprint density at radius 1 is 0.903 bits per heavy atom. The van der Waals surface area contributed by atoms with Crippen LogP contribution in [0.5, 0.6) is 0 Å². The molecule has 0 aliphatic heterocycles. The second-order valence-corrected chi connectivity index (χ2v) is 8.57. The average Bonchev–Trinajstić information content (AvgIpc) is 3.20. The van der Waals surface area contributed by atoms with Gasteiger partial charge in [0.2, 0.25) is 5.91 Å². The van der Waals surface area contributed by atoms with Gasteiger partial charge in [0.25, 0.3) is 0 Å². The van der Waals surface area contributed by atoms with Crippen LogP contribution in [0.1, 0.15) is 16.7 Å². The van der Waals surface area contributed by atoms with Gasteiger partial charge in [-0.25, -0.2) is 4.98 Å². The summed E-state index contributed by atoms with van der Waals surface area (Å²) < 4.78 is 0. The lowest BCUT2D eigenvalue weighted by atomic mass is 10.1. The normalized spacial score (nSPS) is 10.8. The number of hydrogen-bond donors (Lipinski definition) is 2. The molecule has 0 bridgehead atoms. The number of anilines is 1. The van der Waals surface area contributed by atoms with Gasteiger partial charge in [-0.15, -0.1) is 0 Å². The summed E-state index contributed by atoms with van der Waals surface area (Å²) in [5, 5.41) is 3.79. The van der Waals surface area contributed by atoms with Crippen LogP contribution in [0.2, 0.25) is 0 Å². The summed E-state index contributed by atoms with van der Waals surface area (Å²) in [5.74, 6) is 0.238. The highest BCUT2D eigenvalue weighted by molar-refractivity contribution is 7.99. The highest BCUT2D eigenvalue weighted by atomic mass is 32.2. The molecular formula is C26H25N3OS. The molecule has 4 aromatic rings. The fourth-order valence-electron chi connectivity index (χ4n) is 3.73. The molecule has 3 aromatic carbocycles. The van der Waals surface area contributed by atoms with Crippen molar-refractivity contribution in [3.8, 4) is 22.5 Å². The van der Waals surface area contributed by atoms with Gasteiger partial charge in [0, 0.05) is 16.8 Å². The number of aryl methyl sites for hydroxylation is 3. The van der Waals surface area contributed by atoms with E-state index in [1.54, 1.807) is 0 Å². The van der Waals surface area contributed by atoms with E-state index in [-0.39, 0.29) is 11.7 Å². The number of rotatable bonds is 6. The first-order valence-corrected chi connectivity index (χ1v) is 11.2. The number of hydrogen-bond acceptors (Lipinski definition) is 3. The Balaban J connectivity index is 1.54. The molecule has 4 rings (SSSR count). The van der Waals surface area contributed by atoms with Gasteiger partial charge in [-0.05, 0) is 31.9 Å². The van der Waals surface area contributed by atoms with Crippen molar-refractivity contribution in [2.75, 3.05) is 11.1 Å². The zero-order valence-corrected chi connectivity index (χ0v) is 18.7. The smallest absolute Gasteiger partial charge is 0.234 e. The Bertz CT molecular complexity index is 1120. The van der Waals surface area contributed by atoms with Crippen molar-refractivity contribution in [2.24, 2.45) is 0 Å². The van der Waals surface area contributed by atoms with E-state index in [1.807, 2.05) is 62.4 Å². The van der Waals surface area contributed by atoms with Crippen LogP contribution in [0, 0.1) is 20.8 Å². The summed E-state index contributed by atoms with van der Waals surface area (Å²) in [7, 11) is 0. The summed E-state index contributed by atoms with van der Waals surface area (Å²) in [5.41, 5.74) is 8.19. The molecule has 0 unspecified atom stereocenters. The highest BCUT2D eigenvalue weighted by Crippen LogP contribution is 2.32. The minimum atomic E-state index is -0.0426. The monoisotopic (exact) mass is 427 g/mol. The Labute approximate surface area is 187 Å². The van der Waals surface area contributed by atoms with Crippen molar-refractivity contribution in [1.82, 2.24) is 9.97 Å². The maximum Gasteiger partial charge on any atom is 0.234 e. The lowest BCUT2D eigenvalue weighted by molar-refractivity contribution is -0.113. The van der Waals surface area contributed by atoms with E-state index in [2.05, 4.69) is 41.5 Å². The molecule has 0 aliphatic carbocycles. The molecule has 31 heavy (non-hydrogen) atoms. The SMILES string of the molecule is Cc1cc(C)c(NC(=O)CSc2nc(-c3ccccc3)c(-c3ccccc3)[nH]2)c(C)c1. The van der Waals surface area contributed by atoms with E-state index in [0.29, 0.717) is 0 Å². The molecule has 4 nitrogen and oxygen atoms in total. The van der Waals surface area contributed by atoms with Crippen molar-refractivity contribution >= 4 is 23.4 Å². The molecule has 0 saturated heterocycles. The Kier molecular flexibility index (Phi) is 6.23. The number of thioether (sulfide) groups is 1. The van der Waals surface area contributed by atoms with Gasteiger partial charge >= 0.3 is 0 Å². The Morgan fingerprint density at radius 2 is 1.48 bits per heavy atom. The van der Waals surface area contributed by atoms with Crippen molar-refractivity contribution < 1.29 is 4.79 Å². The van der Waals surface area contributed by atoms with Crippen LogP contribution in [-0.2, 0) is 4.79 Å². The molecule has 156 valence electrons. The van der Waals surface area contributed by atoms with E-state index in [9.17, 15) is 4.79 Å². The number of amides is 1. The number of imidazole rings is 1. The molecule has 0 atom stereocenters. The van der Waals surface area contributed by atoms with Crippen LogP contribution in [0.15, 0.2) is 78.0 Å². The molecule has 0 spiro atoms. The molecular weight excluding hydrogens is 402 g/mol. The molecule has 0 fully saturated rings. The Morgan fingerprint density at radius 3 is 2.10 bits per heavy atom. The second-order valence-electron chi connectivity index (χ2n) is 7.61. The van der Waals surface area contributed by atoms with Gasteiger partial charge in [-0.1, -0.05) is 90.1 Å². The van der Waals surface area contributed by atoms with Crippen LogP contribution in [0.4, 0.5) is 5.69 Å². The van der Waals surface area contributed by atoms with E-state index < -0.39 is 0 Å². The highest BCUT2D eigenvalue weighted by Gasteiger charge is 2.16. The van der Waals surface area contributed by atoms with E-state index in [4.69, 9.17) is 4.98 Å². The van der Waals surface area contributed by atoms with Gasteiger partial charge < -0.3 is 10.3 Å². The maximum absolute atomic E-state index is 12.6. The van der Waals surface area contributed by atoms with E-state index >= 15 is 0 Å². The van der Waals surface area contributed by atoms with Gasteiger partial charge in [0.15, 0.2) is 5.16 Å². The number of nitrogens with zero attached hydrogens (tertiary/aromatic N) is 1. The molecule has 5 heteroatoms. The molecule has 0 radical (unpaired) electrons. The first-order valence-electron chi connectivity index (χ1n) is 10.2. The first-order chi connectivity index (χ1) is 15.0. The molecule has 2 N–H and O–H groups in total. The Hall–Kier alpha value is -3.31. The lowest BCUT2D eigenvalue weighted by Gasteiger charge is -2.12. The zero-order chi connectivity index (χ0) is 21.8. The number of aromatic amines is 1. The summed E-state index contributed by atoms with van der Waals surface area (Å²) in [6.45, 7) is 6.11. The number of carbonyl (C=O) groups is 1. The van der Waals surface area contributed by atoms with Gasteiger partial charge in [-0.2, -0.15) is 0 Å². The predicted octanol–water partition coefficient (Wildman–Crippen LogP) is 6.40. The zero-order valence-electron chi connectivity index (χ0n) is 17.9. The summed E-state index contributed by atoms with van der Waals surface area (Å²) in [6, 6.07) is 24.4. The quantitative estimate of drug-likeness (QED) is 0.350. The first kappa shape index (κ1) is 20.9. The van der Waals surface area contributed by atoms with Gasteiger partial charge in [-0.3, -0.25) is 4.79 Å². The van der Waals surface area contributed by atoms with E-state index in [0.717, 1.165) is 44.5 Å². The third-order valence-corrected chi connectivity index (χ3v) is 5.95. The van der Waals surface area contributed by atoms with Crippen LogP contribution in [-0.4, -0.2) is 21.6 Å². The average molecular weight is 428 g/mol. The third-order valence-electron chi connectivity index (χ3n) is 5.07. The summed E-state index contributed by atoms with van der Waals surface area (Å²) in [4.78, 5) is 20.9. The number of carbonyl (C=O) groups excluding carboxylic acids is 1. The molecule has 0 saturated carbocycles. The second kappa shape index (κ2) is 9.23. The fraction of sp³-hybridized carbons (Fsp3) is 0.154.